The third-order valence-electron chi connectivity index (χ3n) is 1.01. The van der Waals surface area contributed by atoms with Crippen LogP contribution in [0.2, 0.25) is 0 Å². The summed E-state index contributed by atoms with van der Waals surface area (Å²) >= 11 is 0. The van der Waals surface area contributed by atoms with Gasteiger partial charge in [-0.2, -0.15) is 0 Å². The van der Waals surface area contributed by atoms with Crippen molar-refractivity contribution in [1.82, 2.24) is 0 Å². The van der Waals surface area contributed by atoms with Crippen molar-refractivity contribution < 1.29 is 0 Å². The van der Waals surface area contributed by atoms with Gasteiger partial charge in [0.25, 0.3) is 0 Å². The normalized spacial score (nSPS) is 13.0. The predicted molar refractivity (Wildman–Crippen MR) is 40.5 cm³/mol. The Bertz CT molecular complexity index is 179. The van der Waals surface area contributed by atoms with Gasteiger partial charge in [-0.3, -0.25) is 0 Å². The van der Waals surface area contributed by atoms with Crippen LogP contribution in [0.1, 0.15) is 13.8 Å². The van der Waals surface area contributed by atoms with Crippen molar-refractivity contribution in [3.63, 3.8) is 0 Å². The molecule has 0 spiro atoms. The minimum Gasteiger partial charge on any atom is -0.392 e. The highest BCUT2D eigenvalue weighted by Gasteiger charge is 1.80. The molecule has 9 heavy (non-hydrogen) atoms. The molecule has 0 heterocycles. The molecule has 0 aliphatic rings. The molecule has 0 aromatic heterocycles. The van der Waals surface area contributed by atoms with Gasteiger partial charge in [0.05, 0.1) is 5.70 Å². The van der Waals surface area contributed by atoms with Crippen LogP contribution in [-0.4, -0.2) is 0 Å². The first kappa shape index (κ1) is 7.84. The molecular weight excluding hydrogens is 110 g/mol. The van der Waals surface area contributed by atoms with Crippen LogP contribution in [0.4, 0.5) is 0 Å². The standard InChI is InChI=1S/C8H11N/c1-4-7(3)6-8(9)5-2/h2,4,6H,9H2,1,3H3/b7-4+,8-6-. The van der Waals surface area contributed by atoms with E-state index in [9.17, 15) is 0 Å². The molecule has 1 nitrogen and oxygen atoms in total. The van der Waals surface area contributed by atoms with E-state index in [0.29, 0.717) is 5.70 Å². The molecule has 48 valence electrons. The Labute approximate surface area is 56.3 Å². The summed E-state index contributed by atoms with van der Waals surface area (Å²) in [5.74, 6) is 2.33. The van der Waals surface area contributed by atoms with E-state index in [1.165, 1.54) is 0 Å². The van der Waals surface area contributed by atoms with Gasteiger partial charge < -0.3 is 5.73 Å². The lowest BCUT2D eigenvalue weighted by molar-refractivity contribution is 1.39. The molecule has 0 saturated carbocycles. The maximum absolute atomic E-state index is 5.33. The average molecular weight is 121 g/mol. The van der Waals surface area contributed by atoms with E-state index in [1.54, 1.807) is 6.08 Å². The Kier molecular flexibility index (Phi) is 3.31. The van der Waals surface area contributed by atoms with Gasteiger partial charge in [-0.1, -0.05) is 17.6 Å². The maximum atomic E-state index is 5.33. The second-order valence-electron chi connectivity index (χ2n) is 1.78. The van der Waals surface area contributed by atoms with Gasteiger partial charge in [0.1, 0.15) is 0 Å². The zero-order chi connectivity index (χ0) is 7.28. The second-order valence-corrected chi connectivity index (χ2v) is 1.78. The Morgan fingerprint density at radius 1 is 1.67 bits per heavy atom. The summed E-state index contributed by atoms with van der Waals surface area (Å²) in [6, 6.07) is 0. The topological polar surface area (TPSA) is 26.0 Å². The molecule has 0 aromatic carbocycles. The minimum atomic E-state index is 0.477. The first-order valence-corrected chi connectivity index (χ1v) is 2.77. The fraction of sp³-hybridized carbons (Fsp3) is 0.250. The molecule has 0 aromatic rings. The first-order valence-electron chi connectivity index (χ1n) is 2.77. The van der Waals surface area contributed by atoms with Gasteiger partial charge in [-0.15, -0.1) is 6.42 Å². The van der Waals surface area contributed by atoms with Crippen LogP contribution in [0.15, 0.2) is 23.4 Å². The molecule has 0 radical (unpaired) electrons. The molecule has 2 N–H and O–H groups in total. The second kappa shape index (κ2) is 3.80. The highest BCUT2D eigenvalue weighted by atomic mass is 14.5. The van der Waals surface area contributed by atoms with Gasteiger partial charge in [0.2, 0.25) is 0 Å². The SMILES string of the molecule is C#C/C(N)=C/C(C)=C/C. The lowest BCUT2D eigenvalue weighted by atomic mass is 10.2. The fourth-order valence-electron chi connectivity index (χ4n) is 0.370. The average Bonchev–Trinajstić information content (AvgIpc) is 1.87. The number of hydrogen-bond acceptors (Lipinski definition) is 1. The summed E-state index contributed by atoms with van der Waals surface area (Å²) in [5.41, 5.74) is 6.90. The number of rotatable bonds is 1. The summed E-state index contributed by atoms with van der Waals surface area (Å²) in [4.78, 5) is 0. The Morgan fingerprint density at radius 3 is 2.56 bits per heavy atom. The number of allylic oxidation sites excluding steroid dienone is 4. The lowest BCUT2D eigenvalue weighted by Crippen LogP contribution is -1.92. The van der Waals surface area contributed by atoms with Crippen LogP contribution in [0, 0.1) is 12.3 Å². The van der Waals surface area contributed by atoms with Crippen molar-refractivity contribution in [2.75, 3.05) is 0 Å². The van der Waals surface area contributed by atoms with Gasteiger partial charge in [-0.25, -0.2) is 0 Å². The van der Waals surface area contributed by atoms with E-state index in [4.69, 9.17) is 12.2 Å². The summed E-state index contributed by atoms with van der Waals surface area (Å²) in [5, 5.41) is 0. The van der Waals surface area contributed by atoms with Crippen molar-refractivity contribution in [1.29, 1.82) is 0 Å². The first-order chi connectivity index (χ1) is 4.20. The summed E-state index contributed by atoms with van der Waals surface area (Å²) in [6.45, 7) is 3.89. The van der Waals surface area contributed by atoms with Gasteiger partial charge >= 0.3 is 0 Å². The van der Waals surface area contributed by atoms with Crippen LogP contribution in [0.3, 0.4) is 0 Å². The van der Waals surface area contributed by atoms with Crippen LogP contribution >= 0.6 is 0 Å². The lowest BCUT2D eigenvalue weighted by Gasteiger charge is -1.88. The molecular formula is C8H11N. The Morgan fingerprint density at radius 2 is 2.22 bits per heavy atom. The van der Waals surface area contributed by atoms with Crippen molar-refractivity contribution in [2.24, 2.45) is 5.73 Å². The molecule has 0 amide bonds. The quantitative estimate of drug-likeness (QED) is 0.412. The smallest absolute Gasteiger partial charge is 0.0827 e. The zero-order valence-corrected chi connectivity index (χ0v) is 5.81. The van der Waals surface area contributed by atoms with E-state index >= 15 is 0 Å². The molecule has 0 rings (SSSR count). The Balaban J connectivity index is 4.17. The van der Waals surface area contributed by atoms with Crippen LogP contribution in [0.25, 0.3) is 0 Å². The van der Waals surface area contributed by atoms with Crippen molar-refractivity contribution in [2.45, 2.75) is 13.8 Å². The minimum absolute atomic E-state index is 0.477. The third kappa shape index (κ3) is 3.42. The summed E-state index contributed by atoms with van der Waals surface area (Å²) in [7, 11) is 0. The molecule has 1 heteroatoms. The highest BCUT2D eigenvalue weighted by molar-refractivity contribution is 5.30. The summed E-state index contributed by atoms with van der Waals surface area (Å²) < 4.78 is 0. The molecule has 0 aliphatic heterocycles. The largest absolute Gasteiger partial charge is 0.392 e. The van der Waals surface area contributed by atoms with Crippen LogP contribution in [0.5, 0.6) is 0 Å². The van der Waals surface area contributed by atoms with Crippen molar-refractivity contribution >= 4 is 0 Å². The number of hydrogen-bond donors (Lipinski definition) is 1. The van der Waals surface area contributed by atoms with E-state index in [2.05, 4.69) is 5.92 Å². The molecule has 0 saturated heterocycles. The molecule has 0 bridgehead atoms. The zero-order valence-electron chi connectivity index (χ0n) is 5.81. The molecule has 0 aliphatic carbocycles. The van der Waals surface area contributed by atoms with Crippen LogP contribution < -0.4 is 5.73 Å². The van der Waals surface area contributed by atoms with E-state index in [0.717, 1.165) is 5.57 Å². The molecule has 0 unspecified atom stereocenters. The predicted octanol–water partition coefficient (Wildman–Crippen LogP) is 1.43. The Hall–Kier alpha value is -1.16. The fourth-order valence-corrected chi connectivity index (χ4v) is 0.370. The van der Waals surface area contributed by atoms with E-state index < -0.39 is 0 Å². The number of terminal acetylenes is 1. The third-order valence-corrected chi connectivity index (χ3v) is 1.01. The van der Waals surface area contributed by atoms with Gasteiger partial charge in [-0.05, 0) is 19.9 Å². The van der Waals surface area contributed by atoms with Gasteiger partial charge in [0, 0.05) is 0 Å². The van der Waals surface area contributed by atoms with Crippen LogP contribution in [-0.2, 0) is 0 Å². The van der Waals surface area contributed by atoms with Crippen molar-refractivity contribution in [3.05, 3.63) is 23.4 Å². The molecule has 0 fully saturated rings. The van der Waals surface area contributed by atoms with Crippen molar-refractivity contribution in [3.8, 4) is 12.3 Å². The molecule has 0 atom stereocenters. The van der Waals surface area contributed by atoms with Gasteiger partial charge in [0.15, 0.2) is 0 Å². The highest BCUT2D eigenvalue weighted by Crippen LogP contribution is 1.94. The monoisotopic (exact) mass is 121 g/mol. The van der Waals surface area contributed by atoms with E-state index in [1.807, 2.05) is 19.9 Å². The maximum Gasteiger partial charge on any atom is 0.0827 e. The van der Waals surface area contributed by atoms with E-state index in [-0.39, 0.29) is 0 Å². The number of nitrogens with two attached hydrogens (primary N) is 1. The summed E-state index contributed by atoms with van der Waals surface area (Å²) in [6.07, 6.45) is 8.72.